The number of nitrogens with one attached hydrogen (secondary N) is 1. The van der Waals surface area contributed by atoms with Crippen LogP contribution >= 0.6 is 0 Å². The van der Waals surface area contributed by atoms with Gasteiger partial charge in [-0.05, 0) is 17.2 Å². The highest BCUT2D eigenvalue weighted by Gasteiger charge is 2.38. The number of carbonyl (C=O) groups is 2. The second kappa shape index (κ2) is 7.30. The van der Waals surface area contributed by atoms with Crippen LogP contribution in [-0.2, 0) is 17.8 Å². The molecule has 0 bridgehead atoms. The predicted octanol–water partition coefficient (Wildman–Crippen LogP) is 1.69. The minimum Gasteiger partial charge on any atom is -0.338 e. The van der Waals surface area contributed by atoms with Gasteiger partial charge in [0.25, 0.3) is 5.91 Å². The first-order valence-electron chi connectivity index (χ1n) is 9.16. The molecular formula is C21H23N3O2. The quantitative estimate of drug-likeness (QED) is 0.914. The number of carbonyl (C=O) groups excluding carboxylic acids is 2. The van der Waals surface area contributed by atoms with Gasteiger partial charge < -0.3 is 15.1 Å². The van der Waals surface area contributed by atoms with Crippen LogP contribution in [0.4, 0.5) is 0 Å². The molecule has 1 fully saturated rings. The minimum absolute atomic E-state index is 0.0370. The highest BCUT2D eigenvalue weighted by Crippen LogP contribution is 2.26. The van der Waals surface area contributed by atoms with E-state index in [0.717, 1.165) is 29.8 Å². The molecule has 0 aliphatic carbocycles. The Labute approximate surface area is 153 Å². The maximum Gasteiger partial charge on any atom is 0.255 e. The van der Waals surface area contributed by atoms with Gasteiger partial charge >= 0.3 is 0 Å². The first-order valence-corrected chi connectivity index (χ1v) is 9.16. The zero-order valence-electron chi connectivity index (χ0n) is 14.7. The van der Waals surface area contributed by atoms with Crippen LogP contribution in [0, 0.1) is 0 Å². The molecule has 5 nitrogen and oxygen atoms in total. The van der Waals surface area contributed by atoms with Crippen molar-refractivity contribution in [3.05, 3.63) is 71.3 Å². The van der Waals surface area contributed by atoms with Gasteiger partial charge in [0.15, 0.2) is 0 Å². The van der Waals surface area contributed by atoms with E-state index in [0.29, 0.717) is 26.1 Å². The number of nitrogens with zero attached hydrogens (tertiary/aromatic N) is 2. The molecule has 0 radical (unpaired) electrons. The van der Waals surface area contributed by atoms with E-state index in [1.54, 1.807) is 4.90 Å². The van der Waals surface area contributed by atoms with Crippen molar-refractivity contribution in [2.24, 2.45) is 0 Å². The van der Waals surface area contributed by atoms with Crippen molar-refractivity contribution in [1.29, 1.82) is 0 Å². The van der Waals surface area contributed by atoms with Gasteiger partial charge in [-0.2, -0.15) is 0 Å². The number of rotatable bonds is 4. The summed E-state index contributed by atoms with van der Waals surface area (Å²) in [5.41, 5.74) is 2.80. The zero-order chi connectivity index (χ0) is 17.9. The fraction of sp³-hybridized carbons (Fsp3) is 0.333. The predicted molar refractivity (Wildman–Crippen MR) is 99.7 cm³/mol. The monoisotopic (exact) mass is 349 g/mol. The maximum absolute atomic E-state index is 13.3. The van der Waals surface area contributed by atoms with E-state index in [4.69, 9.17) is 0 Å². The summed E-state index contributed by atoms with van der Waals surface area (Å²) in [4.78, 5) is 29.9. The van der Waals surface area contributed by atoms with Crippen molar-refractivity contribution >= 4 is 11.8 Å². The third-order valence-electron chi connectivity index (χ3n) is 5.21. The first kappa shape index (κ1) is 16.8. The molecule has 1 saturated heterocycles. The SMILES string of the molecule is O=C(C(Cc1ccccc1)N1Cc2ccccc2C1=O)N1CCNCC1. The average Bonchev–Trinajstić information content (AvgIpc) is 3.04. The molecular weight excluding hydrogens is 326 g/mol. The van der Waals surface area contributed by atoms with E-state index in [-0.39, 0.29) is 11.8 Å². The van der Waals surface area contributed by atoms with Gasteiger partial charge in [-0.15, -0.1) is 0 Å². The summed E-state index contributed by atoms with van der Waals surface area (Å²) in [7, 11) is 0. The molecule has 4 rings (SSSR count). The molecule has 0 aromatic heterocycles. The zero-order valence-corrected chi connectivity index (χ0v) is 14.7. The molecule has 2 aliphatic rings. The standard InChI is InChI=1S/C21H23N3O2/c25-20-18-9-5-4-8-17(18)15-24(20)19(14-16-6-2-1-3-7-16)21(26)23-12-10-22-11-13-23/h1-9,19,22H,10-15H2. The molecule has 0 spiro atoms. The number of hydrogen-bond acceptors (Lipinski definition) is 3. The fourth-order valence-electron chi connectivity index (χ4n) is 3.79. The summed E-state index contributed by atoms with van der Waals surface area (Å²) >= 11 is 0. The van der Waals surface area contributed by atoms with Gasteiger partial charge in [0, 0.05) is 44.7 Å². The third-order valence-corrected chi connectivity index (χ3v) is 5.21. The molecule has 134 valence electrons. The average molecular weight is 349 g/mol. The smallest absolute Gasteiger partial charge is 0.255 e. The first-order chi connectivity index (χ1) is 12.7. The summed E-state index contributed by atoms with van der Waals surface area (Å²) < 4.78 is 0. The molecule has 1 unspecified atom stereocenters. The van der Waals surface area contributed by atoms with Gasteiger partial charge in [0.05, 0.1) is 0 Å². The van der Waals surface area contributed by atoms with Crippen molar-refractivity contribution in [1.82, 2.24) is 15.1 Å². The van der Waals surface area contributed by atoms with E-state index in [1.807, 2.05) is 59.5 Å². The van der Waals surface area contributed by atoms with Crippen LogP contribution in [0.3, 0.4) is 0 Å². The lowest BCUT2D eigenvalue weighted by molar-refractivity contribution is -0.136. The Hall–Kier alpha value is -2.66. The van der Waals surface area contributed by atoms with E-state index in [9.17, 15) is 9.59 Å². The van der Waals surface area contributed by atoms with Crippen molar-refractivity contribution < 1.29 is 9.59 Å². The summed E-state index contributed by atoms with van der Waals surface area (Å²) in [5, 5.41) is 3.28. The lowest BCUT2D eigenvalue weighted by atomic mass is 10.0. The van der Waals surface area contributed by atoms with Crippen molar-refractivity contribution in [3.8, 4) is 0 Å². The Morgan fingerprint density at radius 3 is 2.42 bits per heavy atom. The lowest BCUT2D eigenvalue weighted by Gasteiger charge is -2.34. The Morgan fingerprint density at radius 1 is 1.00 bits per heavy atom. The summed E-state index contributed by atoms with van der Waals surface area (Å²) in [6.45, 7) is 3.50. The van der Waals surface area contributed by atoms with Crippen LogP contribution in [0.2, 0.25) is 0 Å². The van der Waals surface area contributed by atoms with Gasteiger partial charge in [-0.1, -0.05) is 48.5 Å². The third kappa shape index (κ3) is 3.22. The van der Waals surface area contributed by atoms with Crippen molar-refractivity contribution in [2.75, 3.05) is 26.2 Å². The molecule has 1 N–H and O–H groups in total. The largest absolute Gasteiger partial charge is 0.338 e. The normalized spacial score (nSPS) is 17.9. The van der Waals surface area contributed by atoms with Crippen LogP contribution in [0.5, 0.6) is 0 Å². The van der Waals surface area contributed by atoms with E-state index < -0.39 is 6.04 Å². The number of fused-ring (bicyclic) bond motifs is 1. The Bertz CT molecular complexity index is 800. The Balaban J connectivity index is 1.62. The van der Waals surface area contributed by atoms with Crippen molar-refractivity contribution in [3.63, 3.8) is 0 Å². The molecule has 0 saturated carbocycles. The number of hydrogen-bond donors (Lipinski definition) is 1. The maximum atomic E-state index is 13.3. The summed E-state index contributed by atoms with van der Waals surface area (Å²) in [6, 6.07) is 17.1. The Kier molecular flexibility index (Phi) is 4.71. The van der Waals surface area contributed by atoms with Gasteiger partial charge in [-0.3, -0.25) is 9.59 Å². The molecule has 26 heavy (non-hydrogen) atoms. The second-order valence-corrected chi connectivity index (χ2v) is 6.87. The summed E-state index contributed by atoms with van der Waals surface area (Å²) in [6.07, 6.45) is 0.545. The molecule has 1 atom stereocenters. The molecule has 2 aromatic rings. The van der Waals surface area contributed by atoms with Crippen molar-refractivity contribution in [2.45, 2.75) is 19.0 Å². The fourth-order valence-corrected chi connectivity index (χ4v) is 3.79. The van der Waals surface area contributed by atoms with Crippen LogP contribution in [0.1, 0.15) is 21.5 Å². The number of amides is 2. The van der Waals surface area contributed by atoms with Crippen LogP contribution in [-0.4, -0.2) is 53.8 Å². The molecule has 2 aliphatic heterocycles. The molecule has 2 heterocycles. The van der Waals surface area contributed by atoms with Gasteiger partial charge in [0.1, 0.15) is 6.04 Å². The number of piperazine rings is 1. The van der Waals surface area contributed by atoms with Gasteiger partial charge in [0.2, 0.25) is 5.91 Å². The number of benzene rings is 2. The molecule has 2 amide bonds. The van der Waals surface area contributed by atoms with E-state index in [1.165, 1.54) is 0 Å². The minimum atomic E-state index is -0.463. The summed E-state index contributed by atoms with van der Waals surface area (Å²) in [5.74, 6) is 0.0153. The molecule has 5 heteroatoms. The van der Waals surface area contributed by atoms with E-state index >= 15 is 0 Å². The van der Waals surface area contributed by atoms with Gasteiger partial charge in [-0.25, -0.2) is 0 Å². The van der Waals surface area contributed by atoms with Crippen LogP contribution < -0.4 is 5.32 Å². The highest BCUT2D eigenvalue weighted by molar-refractivity contribution is 6.01. The lowest BCUT2D eigenvalue weighted by Crippen LogP contribution is -2.54. The topological polar surface area (TPSA) is 52.7 Å². The van der Waals surface area contributed by atoms with E-state index in [2.05, 4.69) is 5.32 Å². The van der Waals surface area contributed by atoms with Crippen LogP contribution in [0.25, 0.3) is 0 Å². The Morgan fingerprint density at radius 2 is 1.69 bits per heavy atom. The second-order valence-electron chi connectivity index (χ2n) is 6.87. The highest BCUT2D eigenvalue weighted by atomic mass is 16.2. The molecule has 2 aromatic carbocycles. The van der Waals surface area contributed by atoms with Crippen LogP contribution in [0.15, 0.2) is 54.6 Å².